The molecule has 0 fully saturated rings. The van der Waals surface area contributed by atoms with Crippen molar-refractivity contribution >= 4 is 13.8 Å². The third-order valence-corrected chi connectivity index (χ3v) is 2.93. The van der Waals surface area contributed by atoms with Gasteiger partial charge in [0.15, 0.2) is 0 Å². The molecular weight excluding hydrogens is 249 g/mol. The van der Waals surface area contributed by atoms with Gasteiger partial charge in [-0.3, -0.25) is 9.05 Å². The van der Waals surface area contributed by atoms with Crippen LogP contribution < -0.4 is 0 Å². The molecule has 0 aromatic carbocycles. The van der Waals surface area contributed by atoms with E-state index >= 15 is 0 Å². The van der Waals surface area contributed by atoms with Crippen LogP contribution in [0.2, 0.25) is 0 Å². The molecule has 0 bridgehead atoms. The van der Waals surface area contributed by atoms with Crippen LogP contribution >= 0.6 is 7.82 Å². The molecule has 0 aliphatic rings. The van der Waals surface area contributed by atoms with Crippen LogP contribution in [-0.2, 0) is 27.7 Å². The summed E-state index contributed by atoms with van der Waals surface area (Å²) in [4.78, 5) is 11.0. The fourth-order valence-electron chi connectivity index (χ4n) is 0.705. The summed E-state index contributed by atoms with van der Waals surface area (Å²) in [6, 6.07) is 1.51. The largest absolute Gasteiger partial charge is 0.477 e. The topological polar surface area (TPSA) is 94.9 Å². The number of nitrogens with zero attached hydrogens (tertiary/aromatic N) is 1. The number of hydrogen-bond acceptors (Lipinski definition) is 7. The van der Waals surface area contributed by atoms with Crippen LogP contribution in [0.5, 0.6) is 0 Å². The summed E-state index contributed by atoms with van der Waals surface area (Å²) in [5, 5.41) is 8.34. The van der Waals surface area contributed by atoms with E-state index in [-0.39, 0.29) is 18.8 Å². The van der Waals surface area contributed by atoms with Gasteiger partial charge in [-0.25, -0.2) is 13.9 Å². The number of nitriles is 1. The molecule has 0 saturated heterocycles. The average molecular weight is 263 g/mol. The molecule has 8 heteroatoms. The summed E-state index contributed by atoms with van der Waals surface area (Å²) < 4.78 is 30.4. The van der Waals surface area contributed by atoms with Crippen molar-refractivity contribution in [2.24, 2.45) is 0 Å². The second-order valence-electron chi connectivity index (χ2n) is 2.55. The molecule has 96 valence electrons. The zero-order valence-electron chi connectivity index (χ0n) is 9.67. The molecule has 0 aliphatic carbocycles. The van der Waals surface area contributed by atoms with E-state index in [2.05, 4.69) is 11.3 Å². The molecule has 7 nitrogen and oxygen atoms in total. The summed E-state index contributed by atoms with van der Waals surface area (Å²) in [5.74, 6) is -0.952. The summed E-state index contributed by atoms with van der Waals surface area (Å²) in [5.41, 5.74) is -0.378. The number of esters is 1. The second kappa shape index (κ2) is 7.98. The third-order valence-electron chi connectivity index (χ3n) is 1.36. The van der Waals surface area contributed by atoms with Crippen LogP contribution in [0, 0.1) is 11.3 Å². The van der Waals surface area contributed by atoms with E-state index in [1.807, 2.05) is 0 Å². The molecule has 0 N–H and O–H groups in total. The van der Waals surface area contributed by atoms with E-state index < -0.39 is 20.6 Å². The maximum Gasteiger partial charge on any atom is 0.477 e. The lowest BCUT2D eigenvalue weighted by Crippen LogP contribution is -2.10. The number of carbonyl (C=O) groups is 1. The van der Waals surface area contributed by atoms with Crippen LogP contribution in [-0.4, -0.2) is 26.0 Å². The van der Waals surface area contributed by atoms with Crippen molar-refractivity contribution in [2.75, 3.05) is 20.0 Å². The minimum Gasteiger partial charge on any atom is -0.434 e. The Bertz CT molecular complexity index is 351. The number of ether oxygens (including phenoxy) is 1. The maximum absolute atomic E-state index is 11.7. The molecule has 0 spiro atoms. The quantitative estimate of drug-likeness (QED) is 0.216. The molecule has 0 atom stereocenters. The van der Waals surface area contributed by atoms with Crippen molar-refractivity contribution in [1.82, 2.24) is 0 Å². The number of phosphoric acid groups is 1. The highest BCUT2D eigenvalue weighted by atomic mass is 31.2. The van der Waals surface area contributed by atoms with Gasteiger partial charge in [0.1, 0.15) is 11.6 Å². The molecule has 17 heavy (non-hydrogen) atoms. The lowest BCUT2D eigenvalue weighted by molar-refractivity contribution is -0.145. The second-order valence-corrected chi connectivity index (χ2v) is 4.22. The third kappa shape index (κ3) is 6.19. The summed E-state index contributed by atoms with van der Waals surface area (Å²) in [6.45, 7) is 5.96. The lowest BCUT2D eigenvalue weighted by atomic mass is 10.3. The molecule has 0 rings (SSSR count). The van der Waals surface area contributed by atoms with E-state index in [1.165, 1.54) is 6.07 Å². The maximum atomic E-state index is 11.7. The van der Waals surface area contributed by atoms with Gasteiger partial charge in [-0.05, 0) is 13.8 Å². The normalized spacial score (nSPS) is 10.6. The molecule has 0 aliphatic heterocycles. The Labute approximate surface area is 99.5 Å². The highest BCUT2D eigenvalue weighted by molar-refractivity contribution is 7.48. The van der Waals surface area contributed by atoms with Gasteiger partial charge < -0.3 is 4.74 Å². The van der Waals surface area contributed by atoms with Crippen molar-refractivity contribution in [1.29, 1.82) is 5.26 Å². The Morgan fingerprint density at radius 1 is 1.29 bits per heavy atom. The molecule has 0 amide bonds. The Balaban J connectivity index is 4.16. The van der Waals surface area contributed by atoms with E-state index in [0.717, 1.165) is 0 Å². The SMILES string of the molecule is C=C(C#N)C(=O)OCOP(=O)(OCC)OCC. The van der Waals surface area contributed by atoms with Gasteiger partial charge in [0.05, 0.1) is 13.2 Å². The number of rotatable bonds is 8. The van der Waals surface area contributed by atoms with Gasteiger partial charge in [0.2, 0.25) is 6.79 Å². The molecular formula is C9H14NO6P. The van der Waals surface area contributed by atoms with Crippen molar-refractivity contribution in [3.63, 3.8) is 0 Å². The summed E-state index contributed by atoms with van der Waals surface area (Å²) in [6.07, 6.45) is 0. The molecule has 0 heterocycles. The van der Waals surface area contributed by atoms with Crippen LogP contribution in [0.1, 0.15) is 13.8 Å². The zero-order valence-corrected chi connectivity index (χ0v) is 10.6. The Morgan fingerprint density at radius 3 is 2.24 bits per heavy atom. The number of carbonyl (C=O) groups excluding carboxylic acids is 1. The Hall–Kier alpha value is -1.19. The molecule has 0 saturated carbocycles. The van der Waals surface area contributed by atoms with E-state index in [1.54, 1.807) is 13.8 Å². The molecule has 0 radical (unpaired) electrons. The number of phosphoric ester groups is 1. The Kier molecular flexibility index (Phi) is 7.42. The highest BCUT2D eigenvalue weighted by Crippen LogP contribution is 2.49. The first-order valence-electron chi connectivity index (χ1n) is 4.78. The smallest absolute Gasteiger partial charge is 0.434 e. The van der Waals surface area contributed by atoms with Gasteiger partial charge in [0, 0.05) is 0 Å². The highest BCUT2D eigenvalue weighted by Gasteiger charge is 2.26. The van der Waals surface area contributed by atoms with Gasteiger partial charge in [-0.1, -0.05) is 6.58 Å². The summed E-state index contributed by atoms with van der Waals surface area (Å²) >= 11 is 0. The van der Waals surface area contributed by atoms with Crippen molar-refractivity contribution in [2.45, 2.75) is 13.8 Å². The monoisotopic (exact) mass is 263 g/mol. The first kappa shape index (κ1) is 15.8. The fourth-order valence-corrected chi connectivity index (χ4v) is 1.74. The van der Waals surface area contributed by atoms with Crippen molar-refractivity contribution in [3.05, 3.63) is 12.2 Å². The van der Waals surface area contributed by atoms with Crippen molar-refractivity contribution < 1.29 is 27.7 Å². The van der Waals surface area contributed by atoms with Crippen LogP contribution in [0.4, 0.5) is 0 Å². The van der Waals surface area contributed by atoms with Crippen LogP contribution in [0.15, 0.2) is 12.2 Å². The van der Waals surface area contributed by atoms with E-state index in [4.69, 9.17) is 18.8 Å². The number of hydrogen-bond donors (Lipinski definition) is 0. The average Bonchev–Trinajstić information content (AvgIpc) is 2.28. The van der Waals surface area contributed by atoms with Crippen LogP contribution in [0.25, 0.3) is 0 Å². The standard InChI is InChI=1S/C9H14NO6P/c1-4-14-17(12,15-5-2)16-7-13-9(11)8(3)6-10/h3-5,7H2,1-2H3. The van der Waals surface area contributed by atoms with Gasteiger partial charge in [0.25, 0.3) is 0 Å². The van der Waals surface area contributed by atoms with Gasteiger partial charge in [-0.15, -0.1) is 0 Å². The van der Waals surface area contributed by atoms with Crippen molar-refractivity contribution in [3.8, 4) is 6.07 Å². The Morgan fingerprint density at radius 2 is 1.82 bits per heavy atom. The van der Waals surface area contributed by atoms with E-state index in [9.17, 15) is 9.36 Å². The predicted octanol–water partition coefficient (Wildman–Crippen LogP) is 1.76. The lowest BCUT2D eigenvalue weighted by Gasteiger charge is -2.15. The van der Waals surface area contributed by atoms with Gasteiger partial charge >= 0.3 is 13.8 Å². The molecule has 0 unspecified atom stereocenters. The summed E-state index contributed by atoms with van der Waals surface area (Å²) in [7, 11) is -3.70. The van der Waals surface area contributed by atoms with Crippen LogP contribution in [0.3, 0.4) is 0 Å². The zero-order chi connectivity index (χ0) is 13.3. The minimum atomic E-state index is -3.70. The fraction of sp³-hybridized carbons (Fsp3) is 0.556. The molecule has 0 aromatic rings. The predicted molar refractivity (Wildman–Crippen MR) is 57.7 cm³/mol. The first-order valence-corrected chi connectivity index (χ1v) is 6.25. The minimum absolute atomic E-state index is 0.121. The van der Waals surface area contributed by atoms with E-state index in [0.29, 0.717) is 0 Å². The van der Waals surface area contributed by atoms with Gasteiger partial charge in [-0.2, -0.15) is 5.26 Å². The molecule has 0 aromatic heterocycles. The first-order chi connectivity index (χ1) is 7.99.